The summed E-state index contributed by atoms with van der Waals surface area (Å²) in [7, 11) is -4.48. The summed E-state index contributed by atoms with van der Waals surface area (Å²) in [6.07, 6.45) is 11.7. The van der Waals surface area contributed by atoms with Crippen LogP contribution in [0, 0.1) is 0 Å². The molecule has 0 rings (SSSR count). The van der Waals surface area contributed by atoms with Gasteiger partial charge in [-0.05, 0) is 20.3 Å². The standard InChI is InChI=1S/C12H26O4S.C4H10O.C2H6O2.Na/c1-2-3-4-5-6-7-8-9-10-11-12-16-17(13,14)15;1-3-5-4-2;3-1-2-4;/h2-12H2,1H3,(H,13,14,15);3-4H2,1-2H3;3-4H,1-2H2;/q;;;+1/p-1. The normalized spacial score (nSPS) is 10.1. The van der Waals surface area contributed by atoms with Crippen molar-refractivity contribution in [1.29, 1.82) is 0 Å². The molecule has 27 heavy (non-hydrogen) atoms. The van der Waals surface area contributed by atoms with E-state index in [1.165, 1.54) is 44.9 Å². The molecular weight excluding hydrogens is 383 g/mol. The van der Waals surface area contributed by atoms with Crippen LogP contribution in [0.15, 0.2) is 0 Å². The van der Waals surface area contributed by atoms with E-state index in [0.29, 0.717) is 6.42 Å². The van der Waals surface area contributed by atoms with E-state index >= 15 is 0 Å². The molecule has 0 saturated heterocycles. The van der Waals surface area contributed by atoms with Crippen LogP contribution >= 0.6 is 0 Å². The predicted octanol–water partition coefficient (Wildman–Crippen LogP) is 0.402. The molecule has 0 aromatic carbocycles. The minimum Gasteiger partial charge on any atom is -0.726 e. The topological polar surface area (TPSA) is 116 Å². The van der Waals surface area contributed by atoms with E-state index in [1.54, 1.807) is 0 Å². The first-order valence-electron chi connectivity index (χ1n) is 9.79. The third-order valence-electron chi connectivity index (χ3n) is 3.23. The van der Waals surface area contributed by atoms with Crippen molar-refractivity contribution in [1.82, 2.24) is 0 Å². The van der Waals surface area contributed by atoms with E-state index in [2.05, 4.69) is 11.1 Å². The Kier molecular flexibility index (Phi) is 41.0. The second-order valence-electron chi connectivity index (χ2n) is 5.64. The molecule has 0 atom stereocenters. The van der Waals surface area contributed by atoms with Crippen molar-refractivity contribution < 1.29 is 61.7 Å². The molecule has 162 valence electrons. The van der Waals surface area contributed by atoms with Crippen molar-refractivity contribution in [3.8, 4) is 0 Å². The van der Waals surface area contributed by atoms with Gasteiger partial charge < -0.3 is 19.5 Å². The number of rotatable bonds is 15. The molecule has 0 unspecified atom stereocenters. The molecule has 0 bridgehead atoms. The Bertz CT molecular complexity index is 324. The number of hydrogen-bond acceptors (Lipinski definition) is 7. The van der Waals surface area contributed by atoms with Crippen molar-refractivity contribution in [3.05, 3.63) is 0 Å². The summed E-state index contributed by atoms with van der Waals surface area (Å²) < 4.78 is 39.3. The van der Waals surface area contributed by atoms with Crippen LogP contribution in [0.25, 0.3) is 0 Å². The zero-order valence-corrected chi connectivity index (χ0v) is 20.8. The van der Waals surface area contributed by atoms with Gasteiger partial charge in [-0.15, -0.1) is 0 Å². The molecule has 0 aliphatic carbocycles. The third-order valence-corrected chi connectivity index (χ3v) is 3.69. The fraction of sp³-hybridized carbons (Fsp3) is 1.00. The molecule has 0 spiro atoms. The van der Waals surface area contributed by atoms with Crippen LogP contribution in [-0.4, -0.2) is 56.2 Å². The zero-order valence-electron chi connectivity index (χ0n) is 18.0. The van der Waals surface area contributed by atoms with Crippen LogP contribution in [0.4, 0.5) is 0 Å². The first kappa shape index (κ1) is 35.2. The Balaban J connectivity index is -0.000000220. The number of ether oxygens (including phenoxy) is 1. The number of aliphatic hydroxyl groups excluding tert-OH is 2. The summed E-state index contributed by atoms with van der Waals surface area (Å²) in [5.41, 5.74) is 0. The van der Waals surface area contributed by atoms with Crippen molar-refractivity contribution in [3.63, 3.8) is 0 Å². The van der Waals surface area contributed by atoms with Crippen LogP contribution in [-0.2, 0) is 19.3 Å². The molecule has 0 aromatic rings. The summed E-state index contributed by atoms with van der Waals surface area (Å²) in [5.74, 6) is 0. The van der Waals surface area contributed by atoms with Crippen molar-refractivity contribution in [2.45, 2.75) is 85.0 Å². The van der Waals surface area contributed by atoms with Gasteiger partial charge in [-0.1, -0.05) is 64.7 Å². The van der Waals surface area contributed by atoms with E-state index in [9.17, 15) is 13.0 Å². The predicted molar refractivity (Wildman–Crippen MR) is 104 cm³/mol. The SMILES string of the molecule is CCCCCCCCCCCCOS(=O)(=O)[O-].CCOCC.OCCO.[Na+]. The molecule has 7 nitrogen and oxygen atoms in total. The molecule has 0 aromatic heterocycles. The van der Waals surface area contributed by atoms with Crippen LogP contribution in [0.2, 0.25) is 0 Å². The molecule has 0 aliphatic rings. The first-order valence-corrected chi connectivity index (χ1v) is 11.1. The molecule has 9 heteroatoms. The fourth-order valence-corrected chi connectivity index (χ4v) is 2.28. The minimum atomic E-state index is -4.48. The monoisotopic (exact) mass is 424 g/mol. The van der Waals surface area contributed by atoms with Crippen LogP contribution in [0.5, 0.6) is 0 Å². The van der Waals surface area contributed by atoms with Gasteiger partial charge in [0, 0.05) is 13.2 Å². The van der Waals surface area contributed by atoms with Gasteiger partial charge in [0.2, 0.25) is 10.4 Å². The molecule has 0 amide bonds. The summed E-state index contributed by atoms with van der Waals surface area (Å²) >= 11 is 0. The van der Waals surface area contributed by atoms with Gasteiger partial charge in [-0.2, -0.15) is 0 Å². The smallest absolute Gasteiger partial charge is 0.726 e. The maximum atomic E-state index is 10.1. The number of aliphatic hydroxyl groups is 2. The van der Waals surface area contributed by atoms with Gasteiger partial charge in [-0.3, -0.25) is 4.18 Å². The Labute approximate surface area is 189 Å². The Morgan fingerprint density at radius 1 is 0.741 bits per heavy atom. The molecular formula is C18H41NaO7S. The van der Waals surface area contributed by atoms with Gasteiger partial charge in [0.15, 0.2) is 0 Å². The molecule has 0 radical (unpaired) electrons. The maximum absolute atomic E-state index is 10.1. The number of hydrogen-bond donors (Lipinski definition) is 2. The van der Waals surface area contributed by atoms with Crippen molar-refractivity contribution >= 4 is 10.4 Å². The summed E-state index contributed by atoms with van der Waals surface area (Å²) in [5, 5.41) is 15.2. The average Bonchev–Trinajstić information content (AvgIpc) is 2.60. The first-order chi connectivity index (χ1) is 12.4. The van der Waals surface area contributed by atoms with E-state index in [0.717, 1.165) is 26.1 Å². The maximum Gasteiger partial charge on any atom is 1.00 e. The molecule has 0 saturated carbocycles. The van der Waals surface area contributed by atoms with Gasteiger partial charge >= 0.3 is 29.6 Å². The van der Waals surface area contributed by atoms with Crippen LogP contribution in [0.3, 0.4) is 0 Å². The second kappa shape index (κ2) is 31.4. The van der Waals surface area contributed by atoms with Gasteiger partial charge in [-0.25, -0.2) is 8.42 Å². The quantitative estimate of drug-likeness (QED) is 0.169. The molecule has 0 fully saturated rings. The largest absolute Gasteiger partial charge is 1.00 e. The second-order valence-corrected chi connectivity index (χ2v) is 6.69. The number of unbranched alkanes of at least 4 members (excludes halogenated alkanes) is 9. The summed E-state index contributed by atoms with van der Waals surface area (Å²) in [6.45, 7) is 7.66. The summed E-state index contributed by atoms with van der Waals surface area (Å²) in [6, 6.07) is 0. The molecule has 0 heterocycles. The summed E-state index contributed by atoms with van der Waals surface area (Å²) in [4.78, 5) is 0. The third kappa shape index (κ3) is 52.0. The molecule has 0 aliphatic heterocycles. The van der Waals surface area contributed by atoms with Crippen molar-refractivity contribution in [2.24, 2.45) is 0 Å². The van der Waals surface area contributed by atoms with E-state index < -0.39 is 10.4 Å². The minimum absolute atomic E-state index is 0. The fourth-order valence-electron chi connectivity index (χ4n) is 1.95. The van der Waals surface area contributed by atoms with E-state index in [-0.39, 0.29) is 49.4 Å². The van der Waals surface area contributed by atoms with Crippen molar-refractivity contribution in [2.75, 3.05) is 33.0 Å². The van der Waals surface area contributed by atoms with E-state index in [4.69, 9.17) is 14.9 Å². The van der Waals surface area contributed by atoms with Gasteiger partial charge in [0.25, 0.3) is 0 Å². The van der Waals surface area contributed by atoms with E-state index in [1.807, 2.05) is 13.8 Å². The Hall–Kier alpha value is 0.750. The van der Waals surface area contributed by atoms with Crippen LogP contribution < -0.4 is 29.6 Å². The zero-order chi connectivity index (χ0) is 20.5. The average molecular weight is 425 g/mol. The van der Waals surface area contributed by atoms with Crippen LogP contribution in [0.1, 0.15) is 85.0 Å². The Morgan fingerprint density at radius 2 is 1.11 bits per heavy atom. The van der Waals surface area contributed by atoms with Gasteiger partial charge in [0.05, 0.1) is 19.8 Å². The molecule has 2 N–H and O–H groups in total. The van der Waals surface area contributed by atoms with Gasteiger partial charge in [0.1, 0.15) is 0 Å². The Morgan fingerprint density at radius 3 is 1.37 bits per heavy atom.